The Morgan fingerprint density at radius 1 is 1.35 bits per heavy atom. The summed E-state index contributed by atoms with van der Waals surface area (Å²) in [7, 11) is 0. The van der Waals surface area contributed by atoms with Gasteiger partial charge < -0.3 is 21.4 Å². The van der Waals surface area contributed by atoms with Gasteiger partial charge in [-0.05, 0) is 30.4 Å². The molecule has 2 unspecified atom stereocenters. The molecule has 1 aliphatic heterocycles. The van der Waals surface area contributed by atoms with E-state index in [-0.39, 0.29) is 17.2 Å². The first kappa shape index (κ1) is 21.2. The van der Waals surface area contributed by atoms with Crippen LogP contribution < -0.4 is 16.6 Å². The van der Waals surface area contributed by atoms with Crippen molar-refractivity contribution >= 4 is 17.9 Å². The molecule has 0 aromatic carbocycles. The summed E-state index contributed by atoms with van der Waals surface area (Å²) in [5.41, 5.74) is 6.54. The summed E-state index contributed by atoms with van der Waals surface area (Å²) in [6, 6.07) is 3.83. The third-order valence-corrected chi connectivity index (χ3v) is 6.34. The van der Waals surface area contributed by atoms with Gasteiger partial charge in [0.15, 0.2) is 0 Å². The fourth-order valence-electron chi connectivity index (χ4n) is 4.66. The van der Waals surface area contributed by atoms with Crippen molar-refractivity contribution in [3.8, 4) is 0 Å². The normalized spacial score (nSPS) is 22.0. The molecule has 1 saturated heterocycles. The molecule has 2 aromatic rings. The van der Waals surface area contributed by atoms with Crippen molar-refractivity contribution in [2.24, 2.45) is 11.7 Å². The van der Waals surface area contributed by atoms with Crippen LogP contribution in [0.5, 0.6) is 0 Å². The quantitative estimate of drug-likeness (QED) is 0.501. The van der Waals surface area contributed by atoms with Crippen molar-refractivity contribution in [2.75, 3.05) is 18.4 Å². The number of pyridine rings is 1. The van der Waals surface area contributed by atoms with Gasteiger partial charge in [0, 0.05) is 44.0 Å². The fraction of sp³-hybridized carbons (Fsp3) is 0.500. The number of primary amides is 1. The number of likely N-dealkylation sites (tertiary alicyclic amines) is 1. The van der Waals surface area contributed by atoms with Crippen LogP contribution in [0.1, 0.15) is 66.0 Å². The van der Waals surface area contributed by atoms with Gasteiger partial charge in [-0.3, -0.25) is 19.5 Å². The lowest BCUT2D eigenvalue weighted by Gasteiger charge is -2.19. The van der Waals surface area contributed by atoms with Crippen LogP contribution in [-0.2, 0) is 6.54 Å². The van der Waals surface area contributed by atoms with Gasteiger partial charge in [-0.15, -0.1) is 0 Å². The first-order chi connectivity index (χ1) is 14.9. The molecule has 1 saturated carbocycles. The molecule has 9 nitrogen and oxygen atoms in total. The number of nitrogens with two attached hydrogens (primary N) is 1. The Bertz CT molecular complexity index is 1010. The fourth-order valence-corrected chi connectivity index (χ4v) is 4.66. The Hall–Kier alpha value is -3.07. The molecule has 2 aliphatic rings. The largest absolute Gasteiger partial charge is 0.367 e. The highest BCUT2D eigenvalue weighted by Crippen LogP contribution is 2.32. The monoisotopic (exact) mass is 423 g/mol. The molecule has 5 N–H and O–H groups in total. The van der Waals surface area contributed by atoms with Crippen molar-refractivity contribution in [1.82, 2.24) is 19.9 Å². The maximum Gasteiger partial charge on any atom is 0.267 e. The Labute approximate surface area is 181 Å². The molecule has 31 heavy (non-hydrogen) atoms. The second kappa shape index (κ2) is 8.97. The van der Waals surface area contributed by atoms with Crippen molar-refractivity contribution < 1.29 is 4.79 Å². The highest BCUT2D eigenvalue weighted by molar-refractivity contribution is 5.90. The SMILES string of the molecule is CC1CN(Cc2ccc(C(N)=O)nc2)CC1c1nc(NC2CCCC2)c(C=N)c(=O)[nH]1. The summed E-state index contributed by atoms with van der Waals surface area (Å²) in [4.78, 5) is 37.9. The van der Waals surface area contributed by atoms with Crippen molar-refractivity contribution in [2.45, 2.75) is 51.1 Å². The summed E-state index contributed by atoms with van der Waals surface area (Å²) in [6.07, 6.45) is 7.25. The molecule has 164 valence electrons. The third-order valence-electron chi connectivity index (χ3n) is 6.34. The van der Waals surface area contributed by atoms with E-state index >= 15 is 0 Å². The van der Waals surface area contributed by atoms with Gasteiger partial charge in [0.2, 0.25) is 0 Å². The highest BCUT2D eigenvalue weighted by Gasteiger charge is 2.33. The lowest BCUT2D eigenvalue weighted by Crippen LogP contribution is -2.26. The van der Waals surface area contributed by atoms with Crippen LogP contribution >= 0.6 is 0 Å². The van der Waals surface area contributed by atoms with Crippen LogP contribution in [0.25, 0.3) is 0 Å². The van der Waals surface area contributed by atoms with E-state index in [1.807, 2.05) is 6.07 Å². The van der Waals surface area contributed by atoms with Gasteiger partial charge in [-0.1, -0.05) is 25.8 Å². The Kier molecular flexibility index (Phi) is 6.13. The van der Waals surface area contributed by atoms with Crippen LogP contribution in [0.15, 0.2) is 23.1 Å². The van der Waals surface area contributed by atoms with Crippen LogP contribution in [0, 0.1) is 11.3 Å². The van der Waals surface area contributed by atoms with Crippen molar-refractivity contribution in [3.05, 3.63) is 51.3 Å². The third kappa shape index (κ3) is 4.66. The lowest BCUT2D eigenvalue weighted by atomic mass is 9.97. The number of nitrogens with one attached hydrogen (secondary N) is 3. The molecule has 1 aliphatic carbocycles. The standard InChI is InChI=1S/C22H29N7O2/c1-13-10-29(11-14-6-7-18(19(24)30)25-9-14)12-17(13)21-27-20(16(8-23)22(31)28-21)26-15-4-2-3-5-15/h6-9,13,15,17,23H,2-5,10-12H2,1H3,(H2,24,30)(H2,26,27,28,31). The minimum Gasteiger partial charge on any atom is -0.367 e. The van der Waals surface area contributed by atoms with Crippen LogP contribution in [-0.4, -0.2) is 51.1 Å². The molecule has 0 radical (unpaired) electrons. The smallest absolute Gasteiger partial charge is 0.267 e. The molecular formula is C22H29N7O2. The topological polar surface area (TPSA) is 141 Å². The van der Waals surface area contributed by atoms with Crippen LogP contribution in [0.2, 0.25) is 0 Å². The first-order valence-corrected chi connectivity index (χ1v) is 10.8. The average Bonchev–Trinajstić information content (AvgIpc) is 3.37. The second-order valence-corrected chi connectivity index (χ2v) is 8.68. The minimum atomic E-state index is -0.535. The zero-order chi connectivity index (χ0) is 22.0. The number of H-pyrrole nitrogens is 1. The number of anilines is 1. The lowest BCUT2D eigenvalue weighted by molar-refractivity contribution is 0.0995. The van der Waals surface area contributed by atoms with E-state index in [4.69, 9.17) is 16.1 Å². The predicted molar refractivity (Wildman–Crippen MR) is 119 cm³/mol. The van der Waals surface area contributed by atoms with E-state index in [1.54, 1.807) is 12.3 Å². The molecule has 0 bridgehead atoms. The number of rotatable bonds is 7. The number of carbonyl (C=O) groups is 1. The summed E-state index contributed by atoms with van der Waals surface area (Å²) < 4.78 is 0. The molecule has 2 atom stereocenters. The molecule has 4 rings (SSSR count). The van der Waals surface area contributed by atoms with Gasteiger partial charge in [0.1, 0.15) is 17.3 Å². The summed E-state index contributed by atoms with van der Waals surface area (Å²) in [5, 5.41) is 11.1. The van der Waals surface area contributed by atoms with Crippen LogP contribution in [0.4, 0.5) is 5.82 Å². The molecule has 1 amide bonds. The summed E-state index contributed by atoms with van der Waals surface area (Å²) in [5.74, 6) is 1.07. The molecular weight excluding hydrogens is 394 g/mol. The number of aromatic nitrogens is 3. The Morgan fingerprint density at radius 3 is 2.77 bits per heavy atom. The van der Waals surface area contributed by atoms with E-state index in [0.717, 1.165) is 37.7 Å². The number of nitrogens with zero attached hydrogens (tertiary/aromatic N) is 3. The first-order valence-electron chi connectivity index (χ1n) is 10.8. The molecule has 9 heteroatoms. The van der Waals surface area contributed by atoms with E-state index in [2.05, 4.69) is 27.1 Å². The molecule has 2 fully saturated rings. The number of aromatic amines is 1. The summed E-state index contributed by atoms with van der Waals surface area (Å²) >= 11 is 0. The van der Waals surface area contributed by atoms with E-state index < -0.39 is 5.91 Å². The van der Waals surface area contributed by atoms with Crippen molar-refractivity contribution in [3.63, 3.8) is 0 Å². The molecule has 2 aromatic heterocycles. The van der Waals surface area contributed by atoms with E-state index in [9.17, 15) is 9.59 Å². The van der Waals surface area contributed by atoms with Gasteiger partial charge >= 0.3 is 0 Å². The molecule has 0 spiro atoms. The maximum absolute atomic E-state index is 12.6. The van der Waals surface area contributed by atoms with E-state index in [1.165, 1.54) is 12.8 Å². The van der Waals surface area contributed by atoms with Gasteiger partial charge in [0.25, 0.3) is 11.5 Å². The Morgan fingerprint density at radius 2 is 2.13 bits per heavy atom. The Balaban J connectivity index is 1.51. The van der Waals surface area contributed by atoms with Gasteiger partial charge in [0.05, 0.1) is 5.56 Å². The van der Waals surface area contributed by atoms with Crippen molar-refractivity contribution in [1.29, 1.82) is 5.41 Å². The van der Waals surface area contributed by atoms with Gasteiger partial charge in [-0.25, -0.2) is 4.98 Å². The molecule has 3 heterocycles. The maximum atomic E-state index is 12.6. The average molecular weight is 424 g/mol. The number of amides is 1. The summed E-state index contributed by atoms with van der Waals surface area (Å²) in [6.45, 7) is 4.48. The van der Waals surface area contributed by atoms with Gasteiger partial charge in [-0.2, -0.15) is 0 Å². The minimum absolute atomic E-state index is 0.0921. The second-order valence-electron chi connectivity index (χ2n) is 8.68. The predicted octanol–water partition coefficient (Wildman–Crippen LogP) is 1.85. The highest BCUT2D eigenvalue weighted by atomic mass is 16.1. The number of hydrogen-bond donors (Lipinski definition) is 4. The zero-order valence-electron chi connectivity index (χ0n) is 17.7. The number of hydrogen-bond acceptors (Lipinski definition) is 7. The number of carbonyl (C=O) groups excluding carboxylic acids is 1. The van der Waals surface area contributed by atoms with Crippen LogP contribution in [0.3, 0.4) is 0 Å². The van der Waals surface area contributed by atoms with E-state index in [0.29, 0.717) is 35.7 Å². The zero-order valence-corrected chi connectivity index (χ0v) is 17.7.